The molecular weight excluding hydrogens is 218 g/mol. The van der Waals surface area contributed by atoms with Crippen LogP contribution in [0.25, 0.3) is 0 Å². The van der Waals surface area contributed by atoms with Gasteiger partial charge in [0.1, 0.15) is 13.2 Å². The molecule has 0 aliphatic carbocycles. The Kier molecular flexibility index (Phi) is 3.52. The third-order valence-electron chi connectivity index (χ3n) is 2.60. The second-order valence-corrected chi connectivity index (χ2v) is 4.35. The van der Waals surface area contributed by atoms with E-state index >= 15 is 0 Å². The number of amides is 1. The van der Waals surface area contributed by atoms with Gasteiger partial charge in [-0.25, -0.2) is 0 Å². The molecule has 1 aromatic rings. The summed E-state index contributed by atoms with van der Waals surface area (Å²) >= 11 is 0. The van der Waals surface area contributed by atoms with Crippen molar-refractivity contribution in [3.05, 3.63) is 23.8 Å². The molecule has 1 heterocycles. The molecule has 1 aromatic carbocycles. The van der Waals surface area contributed by atoms with E-state index in [9.17, 15) is 4.79 Å². The molecule has 1 aliphatic rings. The molecule has 17 heavy (non-hydrogen) atoms. The van der Waals surface area contributed by atoms with Gasteiger partial charge in [0.15, 0.2) is 11.5 Å². The molecule has 0 saturated heterocycles. The number of nitrogens with one attached hydrogen (secondary N) is 1. The molecule has 4 nitrogen and oxygen atoms in total. The van der Waals surface area contributed by atoms with E-state index in [4.69, 9.17) is 9.47 Å². The van der Waals surface area contributed by atoms with E-state index in [2.05, 4.69) is 5.32 Å². The second-order valence-electron chi connectivity index (χ2n) is 4.35. The molecular formula is C13H17NO3. The molecule has 0 atom stereocenters. The molecule has 4 heteroatoms. The molecule has 0 saturated carbocycles. The van der Waals surface area contributed by atoms with Gasteiger partial charge in [0.05, 0.1) is 0 Å². The van der Waals surface area contributed by atoms with Crippen molar-refractivity contribution < 1.29 is 14.3 Å². The van der Waals surface area contributed by atoms with Crippen LogP contribution in [-0.4, -0.2) is 19.1 Å². The van der Waals surface area contributed by atoms with Crippen molar-refractivity contribution >= 4 is 5.91 Å². The van der Waals surface area contributed by atoms with Crippen LogP contribution in [0.1, 0.15) is 19.4 Å². The minimum Gasteiger partial charge on any atom is -0.486 e. The third-order valence-corrected chi connectivity index (χ3v) is 2.60. The van der Waals surface area contributed by atoms with Crippen LogP contribution in [0.3, 0.4) is 0 Å². The monoisotopic (exact) mass is 235 g/mol. The van der Waals surface area contributed by atoms with Gasteiger partial charge in [0.2, 0.25) is 5.91 Å². The zero-order valence-corrected chi connectivity index (χ0v) is 10.2. The van der Waals surface area contributed by atoms with Crippen molar-refractivity contribution in [3.8, 4) is 11.5 Å². The Morgan fingerprint density at radius 1 is 1.29 bits per heavy atom. The standard InChI is InChI=1S/C13H17NO3/c1-9(2)13(15)14-8-10-3-4-11-12(7-10)17-6-5-16-11/h3-4,7,9H,5-6,8H2,1-2H3,(H,14,15). The largest absolute Gasteiger partial charge is 0.486 e. The summed E-state index contributed by atoms with van der Waals surface area (Å²) < 4.78 is 10.9. The highest BCUT2D eigenvalue weighted by Gasteiger charge is 2.12. The van der Waals surface area contributed by atoms with Crippen molar-refractivity contribution in [1.29, 1.82) is 0 Å². The molecule has 1 amide bonds. The van der Waals surface area contributed by atoms with Gasteiger partial charge in [-0.15, -0.1) is 0 Å². The first-order chi connectivity index (χ1) is 8.16. The molecule has 0 fully saturated rings. The Bertz CT molecular complexity index is 415. The van der Waals surface area contributed by atoms with Crippen molar-refractivity contribution in [2.45, 2.75) is 20.4 Å². The summed E-state index contributed by atoms with van der Waals surface area (Å²) in [5, 5.41) is 2.87. The summed E-state index contributed by atoms with van der Waals surface area (Å²) in [5.41, 5.74) is 1.02. The van der Waals surface area contributed by atoms with E-state index in [1.807, 2.05) is 32.0 Å². The van der Waals surface area contributed by atoms with Crippen LogP contribution in [0.5, 0.6) is 11.5 Å². The fraction of sp³-hybridized carbons (Fsp3) is 0.462. The van der Waals surface area contributed by atoms with Gasteiger partial charge in [0, 0.05) is 12.5 Å². The normalized spacial score (nSPS) is 13.6. The van der Waals surface area contributed by atoms with Crippen molar-refractivity contribution in [2.75, 3.05) is 13.2 Å². The van der Waals surface area contributed by atoms with E-state index in [1.165, 1.54) is 0 Å². The van der Waals surface area contributed by atoms with Gasteiger partial charge in [-0.1, -0.05) is 19.9 Å². The van der Waals surface area contributed by atoms with Crippen LogP contribution < -0.4 is 14.8 Å². The maximum absolute atomic E-state index is 11.4. The number of rotatable bonds is 3. The van der Waals surface area contributed by atoms with Gasteiger partial charge in [-0.05, 0) is 17.7 Å². The summed E-state index contributed by atoms with van der Waals surface area (Å²) in [6, 6.07) is 5.73. The first kappa shape index (κ1) is 11.8. The molecule has 0 radical (unpaired) electrons. The number of carbonyl (C=O) groups excluding carboxylic acids is 1. The fourth-order valence-corrected chi connectivity index (χ4v) is 1.59. The first-order valence-electron chi connectivity index (χ1n) is 5.83. The Labute approximate surface area is 101 Å². The smallest absolute Gasteiger partial charge is 0.222 e. The lowest BCUT2D eigenvalue weighted by Crippen LogP contribution is -2.27. The Morgan fingerprint density at radius 3 is 2.71 bits per heavy atom. The quantitative estimate of drug-likeness (QED) is 0.868. The number of ether oxygens (including phenoxy) is 2. The SMILES string of the molecule is CC(C)C(=O)NCc1ccc2c(c1)OCCO2. The Balaban J connectivity index is 2.00. The summed E-state index contributed by atoms with van der Waals surface area (Å²) in [5.74, 6) is 1.59. The van der Waals surface area contributed by atoms with E-state index in [-0.39, 0.29) is 11.8 Å². The highest BCUT2D eigenvalue weighted by molar-refractivity contribution is 5.77. The fourth-order valence-electron chi connectivity index (χ4n) is 1.59. The molecule has 0 aromatic heterocycles. The maximum Gasteiger partial charge on any atom is 0.222 e. The minimum absolute atomic E-state index is 0.00668. The summed E-state index contributed by atoms with van der Waals surface area (Å²) in [6.45, 7) is 5.44. The highest BCUT2D eigenvalue weighted by atomic mass is 16.6. The van der Waals surface area contributed by atoms with Crippen LogP contribution >= 0.6 is 0 Å². The molecule has 92 valence electrons. The molecule has 0 spiro atoms. The van der Waals surface area contributed by atoms with Crippen LogP contribution in [0.4, 0.5) is 0 Å². The molecule has 0 unspecified atom stereocenters. The van der Waals surface area contributed by atoms with Crippen molar-refractivity contribution in [2.24, 2.45) is 5.92 Å². The molecule has 0 bridgehead atoms. The molecule has 2 rings (SSSR count). The summed E-state index contributed by atoms with van der Waals surface area (Å²) in [7, 11) is 0. The molecule has 1 aliphatic heterocycles. The van der Waals surface area contributed by atoms with Crippen molar-refractivity contribution in [3.63, 3.8) is 0 Å². The van der Waals surface area contributed by atoms with Gasteiger partial charge in [-0.2, -0.15) is 0 Å². The number of benzene rings is 1. The summed E-state index contributed by atoms with van der Waals surface area (Å²) in [4.78, 5) is 11.4. The predicted molar refractivity (Wildman–Crippen MR) is 64.1 cm³/mol. The molecule has 1 N–H and O–H groups in total. The Morgan fingerprint density at radius 2 is 2.00 bits per heavy atom. The van der Waals surface area contributed by atoms with Gasteiger partial charge >= 0.3 is 0 Å². The highest BCUT2D eigenvalue weighted by Crippen LogP contribution is 2.30. The lowest BCUT2D eigenvalue weighted by molar-refractivity contribution is -0.124. The zero-order chi connectivity index (χ0) is 12.3. The first-order valence-corrected chi connectivity index (χ1v) is 5.83. The average molecular weight is 235 g/mol. The van der Waals surface area contributed by atoms with Gasteiger partial charge < -0.3 is 14.8 Å². The number of fused-ring (bicyclic) bond motifs is 1. The number of carbonyl (C=O) groups is 1. The lowest BCUT2D eigenvalue weighted by Gasteiger charge is -2.19. The van der Waals surface area contributed by atoms with Crippen LogP contribution in [0.15, 0.2) is 18.2 Å². The third kappa shape index (κ3) is 2.90. The minimum atomic E-state index is 0.00668. The summed E-state index contributed by atoms with van der Waals surface area (Å²) in [6.07, 6.45) is 0. The van der Waals surface area contributed by atoms with Gasteiger partial charge in [-0.3, -0.25) is 4.79 Å². The van der Waals surface area contributed by atoms with Crippen LogP contribution in [-0.2, 0) is 11.3 Å². The van der Waals surface area contributed by atoms with E-state index < -0.39 is 0 Å². The number of hydrogen-bond donors (Lipinski definition) is 1. The van der Waals surface area contributed by atoms with Crippen LogP contribution in [0.2, 0.25) is 0 Å². The average Bonchev–Trinajstić information content (AvgIpc) is 2.35. The van der Waals surface area contributed by atoms with Crippen molar-refractivity contribution in [1.82, 2.24) is 5.32 Å². The lowest BCUT2D eigenvalue weighted by atomic mass is 10.1. The van der Waals surface area contributed by atoms with E-state index in [0.717, 1.165) is 17.1 Å². The zero-order valence-electron chi connectivity index (χ0n) is 10.2. The topological polar surface area (TPSA) is 47.6 Å². The second kappa shape index (κ2) is 5.08. The van der Waals surface area contributed by atoms with E-state index in [0.29, 0.717) is 19.8 Å². The number of hydrogen-bond acceptors (Lipinski definition) is 3. The Hall–Kier alpha value is -1.71. The van der Waals surface area contributed by atoms with Crippen LogP contribution in [0, 0.1) is 5.92 Å². The van der Waals surface area contributed by atoms with Gasteiger partial charge in [0.25, 0.3) is 0 Å². The maximum atomic E-state index is 11.4. The predicted octanol–water partition coefficient (Wildman–Crippen LogP) is 1.73. The van der Waals surface area contributed by atoms with E-state index in [1.54, 1.807) is 0 Å².